The number of ether oxygens (including phenoxy) is 2. The van der Waals surface area contributed by atoms with Crippen LogP contribution in [0.4, 0.5) is 0 Å². The minimum atomic E-state index is 0.239. The third-order valence-corrected chi connectivity index (χ3v) is 5.58. The SMILES string of the molecule is N#CSc1c(-c2ccccc2)nc2sc(-c3ccc4c(c3)OCO4)nn12. The molecule has 6 nitrogen and oxygen atoms in total. The van der Waals surface area contributed by atoms with E-state index in [1.54, 1.807) is 4.52 Å². The van der Waals surface area contributed by atoms with Crippen LogP contribution in [0.5, 0.6) is 11.5 Å². The van der Waals surface area contributed by atoms with Crippen LogP contribution in [0.25, 0.3) is 26.8 Å². The number of aromatic nitrogens is 3. The van der Waals surface area contributed by atoms with Crippen molar-refractivity contribution >= 4 is 28.1 Å². The Morgan fingerprint density at radius 3 is 2.77 bits per heavy atom. The van der Waals surface area contributed by atoms with Gasteiger partial charge in [-0.1, -0.05) is 41.7 Å². The zero-order chi connectivity index (χ0) is 17.5. The van der Waals surface area contributed by atoms with Gasteiger partial charge in [0.25, 0.3) is 0 Å². The minimum Gasteiger partial charge on any atom is -0.454 e. The molecule has 0 amide bonds. The largest absolute Gasteiger partial charge is 0.454 e. The van der Waals surface area contributed by atoms with E-state index in [-0.39, 0.29) is 6.79 Å². The molecule has 0 spiro atoms. The summed E-state index contributed by atoms with van der Waals surface area (Å²) in [4.78, 5) is 5.46. The van der Waals surface area contributed by atoms with Crippen LogP contribution in [0.3, 0.4) is 0 Å². The van der Waals surface area contributed by atoms with Gasteiger partial charge in [0.1, 0.15) is 21.1 Å². The quantitative estimate of drug-likeness (QED) is 0.388. The molecule has 0 unspecified atom stereocenters. The molecule has 3 heterocycles. The number of fused-ring (bicyclic) bond motifs is 2. The highest BCUT2D eigenvalue weighted by atomic mass is 32.2. The van der Waals surface area contributed by atoms with Gasteiger partial charge < -0.3 is 9.47 Å². The van der Waals surface area contributed by atoms with E-state index in [2.05, 4.69) is 10.5 Å². The Balaban J connectivity index is 1.63. The van der Waals surface area contributed by atoms with E-state index in [1.807, 2.05) is 48.5 Å². The van der Waals surface area contributed by atoms with E-state index in [1.165, 1.54) is 11.3 Å². The standard InChI is InChI=1S/C18H10N4O2S2/c19-9-25-17-15(11-4-2-1-3-5-11)20-18-22(17)21-16(26-18)12-6-7-13-14(8-12)24-10-23-13/h1-8H,10H2. The number of thiocyanates is 1. The zero-order valence-corrected chi connectivity index (χ0v) is 14.9. The number of thioether (sulfide) groups is 1. The van der Waals surface area contributed by atoms with Gasteiger partial charge in [0.15, 0.2) is 11.5 Å². The molecular formula is C18H10N4O2S2. The first-order chi connectivity index (χ1) is 12.8. The summed E-state index contributed by atoms with van der Waals surface area (Å²) in [5.41, 5.74) is 2.67. The van der Waals surface area contributed by atoms with Gasteiger partial charge in [0.05, 0.1) is 0 Å². The number of rotatable bonds is 3. The second kappa shape index (κ2) is 6.05. The van der Waals surface area contributed by atoms with Crippen molar-refractivity contribution in [2.75, 3.05) is 6.79 Å². The van der Waals surface area contributed by atoms with Crippen LogP contribution in [0, 0.1) is 10.7 Å². The summed E-state index contributed by atoms with van der Waals surface area (Å²) in [6, 6.07) is 15.6. The van der Waals surface area contributed by atoms with E-state index < -0.39 is 0 Å². The molecule has 2 aromatic heterocycles. The predicted octanol–water partition coefficient (Wildman–Crippen LogP) is 4.43. The van der Waals surface area contributed by atoms with Gasteiger partial charge in [-0.05, 0) is 18.2 Å². The summed E-state index contributed by atoms with van der Waals surface area (Å²) in [7, 11) is 0. The number of benzene rings is 2. The molecule has 126 valence electrons. The van der Waals surface area contributed by atoms with Crippen molar-refractivity contribution in [3.8, 4) is 38.7 Å². The number of nitrogens with zero attached hydrogens (tertiary/aromatic N) is 4. The molecule has 0 bridgehead atoms. The third-order valence-electron chi connectivity index (χ3n) is 3.97. The molecule has 0 fully saturated rings. The fourth-order valence-corrected chi connectivity index (χ4v) is 4.31. The maximum atomic E-state index is 9.22. The van der Waals surface area contributed by atoms with Crippen LogP contribution in [-0.4, -0.2) is 21.4 Å². The maximum Gasteiger partial charge on any atom is 0.231 e. The third kappa shape index (κ3) is 2.41. The molecule has 2 aromatic carbocycles. The average molecular weight is 378 g/mol. The molecule has 1 aliphatic heterocycles. The topological polar surface area (TPSA) is 72.4 Å². The Morgan fingerprint density at radius 2 is 1.92 bits per heavy atom. The summed E-state index contributed by atoms with van der Waals surface area (Å²) in [5, 5.41) is 17.6. The van der Waals surface area contributed by atoms with Crippen molar-refractivity contribution in [2.24, 2.45) is 0 Å². The Labute approximate surface area is 156 Å². The summed E-state index contributed by atoms with van der Waals surface area (Å²) in [6.07, 6.45) is 0. The second-order valence-electron chi connectivity index (χ2n) is 5.49. The molecule has 4 aromatic rings. The Kier molecular flexibility index (Phi) is 3.55. The number of hydrogen-bond donors (Lipinski definition) is 0. The van der Waals surface area contributed by atoms with Crippen LogP contribution >= 0.6 is 23.1 Å². The second-order valence-corrected chi connectivity index (χ2v) is 7.22. The number of imidazole rings is 1. The van der Waals surface area contributed by atoms with E-state index in [9.17, 15) is 5.26 Å². The molecule has 0 atom stereocenters. The number of hydrogen-bond acceptors (Lipinski definition) is 7. The molecule has 26 heavy (non-hydrogen) atoms. The summed E-state index contributed by atoms with van der Waals surface area (Å²) in [5.74, 6) is 1.45. The van der Waals surface area contributed by atoms with Gasteiger partial charge >= 0.3 is 0 Å². The lowest BCUT2D eigenvalue weighted by atomic mass is 10.2. The van der Waals surface area contributed by atoms with E-state index >= 15 is 0 Å². The Morgan fingerprint density at radius 1 is 1.08 bits per heavy atom. The molecule has 0 radical (unpaired) electrons. The fraction of sp³-hybridized carbons (Fsp3) is 0.0556. The van der Waals surface area contributed by atoms with Crippen LogP contribution in [0.15, 0.2) is 53.6 Å². The van der Waals surface area contributed by atoms with Gasteiger partial charge in [0.2, 0.25) is 11.8 Å². The molecule has 5 rings (SSSR count). The van der Waals surface area contributed by atoms with E-state index in [4.69, 9.17) is 14.5 Å². The normalized spacial score (nSPS) is 12.4. The highest BCUT2D eigenvalue weighted by molar-refractivity contribution is 8.03. The van der Waals surface area contributed by atoms with Crippen molar-refractivity contribution in [1.29, 1.82) is 5.26 Å². The summed E-state index contributed by atoms with van der Waals surface area (Å²) >= 11 is 2.54. The highest BCUT2D eigenvalue weighted by Gasteiger charge is 2.20. The smallest absolute Gasteiger partial charge is 0.231 e. The van der Waals surface area contributed by atoms with Crippen molar-refractivity contribution in [3.05, 3.63) is 48.5 Å². The molecule has 0 aliphatic carbocycles. The molecule has 1 aliphatic rings. The lowest BCUT2D eigenvalue weighted by molar-refractivity contribution is 0.174. The van der Waals surface area contributed by atoms with Gasteiger partial charge in [-0.3, -0.25) is 0 Å². The van der Waals surface area contributed by atoms with Crippen molar-refractivity contribution in [1.82, 2.24) is 14.6 Å². The number of nitriles is 1. The van der Waals surface area contributed by atoms with Crippen LogP contribution in [0.2, 0.25) is 0 Å². The summed E-state index contributed by atoms with van der Waals surface area (Å²) < 4.78 is 12.5. The first-order valence-electron chi connectivity index (χ1n) is 7.74. The van der Waals surface area contributed by atoms with E-state index in [0.717, 1.165) is 49.3 Å². The van der Waals surface area contributed by atoms with Crippen LogP contribution < -0.4 is 9.47 Å². The van der Waals surface area contributed by atoms with Crippen molar-refractivity contribution in [2.45, 2.75) is 5.03 Å². The molecule has 0 N–H and O–H groups in total. The Bertz CT molecular complexity index is 1160. The average Bonchev–Trinajstić information content (AvgIpc) is 3.37. The highest BCUT2D eigenvalue weighted by Crippen LogP contribution is 2.39. The molecule has 0 saturated heterocycles. The zero-order valence-electron chi connectivity index (χ0n) is 13.2. The molecular weight excluding hydrogens is 368 g/mol. The lowest BCUT2D eigenvalue weighted by Gasteiger charge is -2.00. The minimum absolute atomic E-state index is 0.239. The molecule has 8 heteroatoms. The van der Waals surface area contributed by atoms with Gasteiger partial charge in [0, 0.05) is 22.9 Å². The van der Waals surface area contributed by atoms with Gasteiger partial charge in [-0.2, -0.15) is 14.9 Å². The fourth-order valence-electron chi connectivity index (χ4n) is 2.80. The van der Waals surface area contributed by atoms with E-state index in [0.29, 0.717) is 5.75 Å². The summed E-state index contributed by atoms with van der Waals surface area (Å²) in [6.45, 7) is 0.239. The monoisotopic (exact) mass is 378 g/mol. The van der Waals surface area contributed by atoms with Crippen molar-refractivity contribution < 1.29 is 9.47 Å². The Hall–Kier alpha value is -3.02. The van der Waals surface area contributed by atoms with Crippen molar-refractivity contribution in [3.63, 3.8) is 0 Å². The first-order valence-corrected chi connectivity index (χ1v) is 9.38. The van der Waals surface area contributed by atoms with Gasteiger partial charge in [-0.15, -0.1) is 0 Å². The van der Waals surface area contributed by atoms with Gasteiger partial charge in [-0.25, -0.2) is 4.98 Å². The predicted molar refractivity (Wildman–Crippen MR) is 99.3 cm³/mol. The van der Waals surface area contributed by atoms with Crippen LogP contribution in [-0.2, 0) is 0 Å². The molecule has 0 saturated carbocycles. The van der Waals surface area contributed by atoms with Crippen LogP contribution in [0.1, 0.15) is 0 Å². The maximum absolute atomic E-state index is 9.22. The first kappa shape index (κ1) is 15.3. The lowest BCUT2D eigenvalue weighted by Crippen LogP contribution is -1.92.